The number of aliphatic hydroxyl groups is 2. The van der Waals surface area contributed by atoms with Gasteiger partial charge < -0.3 is 19.7 Å². The molecule has 0 heterocycles. The molecule has 258 valence electrons. The van der Waals surface area contributed by atoms with Crippen LogP contribution >= 0.6 is 0 Å². The average molecular weight is 642 g/mol. The maximum absolute atomic E-state index is 13.8. The third-order valence-electron chi connectivity index (χ3n) is 14.7. The molecule has 4 saturated carbocycles. The van der Waals surface area contributed by atoms with Crippen molar-refractivity contribution in [2.75, 3.05) is 7.11 Å². The molecule has 4 aliphatic carbocycles. The number of esters is 1. The topological polar surface area (TPSA) is 119 Å². The van der Waals surface area contributed by atoms with Gasteiger partial charge in [-0.3, -0.25) is 10.1 Å². The fourth-order valence-corrected chi connectivity index (χ4v) is 11.6. The molecular formula is C38H59NO7. The lowest BCUT2D eigenvalue weighted by Crippen LogP contribution is -2.67. The molecule has 8 nitrogen and oxygen atoms in total. The second-order valence-corrected chi connectivity index (χ2v) is 17.7. The second-order valence-electron chi connectivity index (χ2n) is 17.7. The number of nitrogens with zero attached hydrogens (tertiary/aromatic N) is 1. The summed E-state index contributed by atoms with van der Waals surface area (Å²) in [5, 5.41) is 34.6. The van der Waals surface area contributed by atoms with E-state index in [4.69, 9.17) is 9.47 Å². The van der Waals surface area contributed by atoms with E-state index in [0.29, 0.717) is 17.9 Å². The maximum atomic E-state index is 13.8. The number of fused-ring (bicyclic) bond motifs is 5. The van der Waals surface area contributed by atoms with E-state index < -0.39 is 22.6 Å². The van der Waals surface area contributed by atoms with E-state index in [2.05, 4.69) is 48.5 Å². The van der Waals surface area contributed by atoms with Gasteiger partial charge in [-0.25, -0.2) is 4.79 Å². The Hall–Kier alpha value is -2.03. The predicted octanol–water partition coefficient (Wildman–Crippen LogP) is 8.12. The fraction of sp³-hybridized carbons (Fsp3) is 0.816. The minimum absolute atomic E-state index is 0.0135. The molecule has 5 rings (SSSR count). The van der Waals surface area contributed by atoms with Gasteiger partial charge in [0.25, 0.3) is 5.69 Å². The highest BCUT2D eigenvalue weighted by molar-refractivity contribution is 5.89. The summed E-state index contributed by atoms with van der Waals surface area (Å²) in [7, 11) is 1.73. The molecule has 0 radical (unpaired) electrons. The van der Waals surface area contributed by atoms with E-state index in [1.54, 1.807) is 7.11 Å². The SMILES string of the molecule is COC(C)(C)CCC[C@@](C)(O)[C@H]1CC[C@]2(C)[C@@H]1[C@H](OC(=O)c1ccc([N+](=O)[O-])cc1)C[C@@H]1[C@@]3(C)CC[C@H](O)C(C)(C)[C@@H]3CC[C@]12C. The van der Waals surface area contributed by atoms with E-state index in [1.807, 2.05) is 6.92 Å². The third kappa shape index (κ3) is 5.62. The van der Waals surface area contributed by atoms with Crippen molar-refractivity contribution in [2.45, 2.75) is 143 Å². The number of hydrogen-bond donors (Lipinski definition) is 2. The predicted molar refractivity (Wildman–Crippen MR) is 178 cm³/mol. The molecule has 0 amide bonds. The average Bonchev–Trinajstić information content (AvgIpc) is 3.36. The van der Waals surface area contributed by atoms with Crippen LogP contribution in [0.1, 0.15) is 130 Å². The summed E-state index contributed by atoms with van der Waals surface area (Å²) in [5.41, 5.74) is -1.35. The van der Waals surface area contributed by atoms with Gasteiger partial charge in [0, 0.05) is 25.2 Å². The molecule has 46 heavy (non-hydrogen) atoms. The van der Waals surface area contributed by atoms with E-state index in [0.717, 1.165) is 57.8 Å². The smallest absolute Gasteiger partial charge is 0.338 e. The Morgan fingerprint density at radius 1 is 0.957 bits per heavy atom. The van der Waals surface area contributed by atoms with Crippen LogP contribution in [0.5, 0.6) is 0 Å². The van der Waals surface area contributed by atoms with Crippen molar-refractivity contribution in [1.82, 2.24) is 0 Å². The molecule has 8 heteroatoms. The molecule has 1 aromatic rings. The number of non-ortho nitro benzene ring substituents is 1. The van der Waals surface area contributed by atoms with Crippen LogP contribution in [0.15, 0.2) is 24.3 Å². The summed E-state index contributed by atoms with van der Waals surface area (Å²) in [6.07, 6.45) is 8.00. The zero-order chi connectivity index (χ0) is 34.1. The number of nitro benzene ring substituents is 1. The number of hydrogen-bond acceptors (Lipinski definition) is 7. The largest absolute Gasteiger partial charge is 0.458 e. The number of nitro groups is 1. The minimum Gasteiger partial charge on any atom is -0.458 e. The zero-order valence-corrected chi connectivity index (χ0v) is 29.7. The molecular weight excluding hydrogens is 582 g/mol. The van der Waals surface area contributed by atoms with Crippen LogP contribution in [0.25, 0.3) is 0 Å². The van der Waals surface area contributed by atoms with Crippen LogP contribution in [0.3, 0.4) is 0 Å². The minimum atomic E-state index is -0.939. The van der Waals surface area contributed by atoms with E-state index >= 15 is 0 Å². The lowest BCUT2D eigenvalue weighted by Gasteiger charge is -2.70. The van der Waals surface area contributed by atoms with Crippen LogP contribution in [-0.2, 0) is 9.47 Å². The molecule has 1 aromatic carbocycles. The van der Waals surface area contributed by atoms with Crippen molar-refractivity contribution in [2.24, 2.45) is 45.3 Å². The van der Waals surface area contributed by atoms with Crippen LogP contribution in [0.2, 0.25) is 0 Å². The first-order valence-corrected chi connectivity index (χ1v) is 17.6. The Labute approximate surface area is 276 Å². The van der Waals surface area contributed by atoms with Crippen molar-refractivity contribution >= 4 is 11.7 Å². The van der Waals surface area contributed by atoms with Crippen molar-refractivity contribution in [3.63, 3.8) is 0 Å². The summed E-state index contributed by atoms with van der Waals surface area (Å²) in [6.45, 7) is 17.9. The monoisotopic (exact) mass is 641 g/mol. The number of ether oxygens (including phenoxy) is 2. The standard InChI is InChI=1S/C38H59NO7/c1-33(2,45-9)18-10-19-38(8,42)26-15-21-37(7)31(26)27(46-32(41)24-11-13-25(14-12-24)39(43)44)23-29-35(5)20-17-30(40)34(3,4)28(35)16-22-36(29,37)6/h11-14,26-31,40,42H,10,15-23H2,1-9H3/t26-,27+,28-,29+,30-,31-,35-,36+,37+,38+/m0/s1. The molecule has 4 aliphatic rings. The van der Waals surface area contributed by atoms with Gasteiger partial charge in [-0.15, -0.1) is 0 Å². The number of aliphatic hydroxyl groups excluding tert-OH is 1. The van der Waals surface area contributed by atoms with Gasteiger partial charge in [0.1, 0.15) is 6.10 Å². The van der Waals surface area contributed by atoms with Gasteiger partial charge in [-0.2, -0.15) is 0 Å². The molecule has 2 N–H and O–H groups in total. The third-order valence-corrected chi connectivity index (χ3v) is 14.7. The molecule has 0 saturated heterocycles. The highest BCUT2D eigenvalue weighted by Gasteiger charge is 2.72. The van der Waals surface area contributed by atoms with E-state index in [9.17, 15) is 25.1 Å². The van der Waals surface area contributed by atoms with Crippen molar-refractivity contribution in [1.29, 1.82) is 0 Å². The van der Waals surface area contributed by atoms with E-state index in [-0.39, 0.29) is 56.8 Å². The summed E-state index contributed by atoms with van der Waals surface area (Å²) >= 11 is 0. The Bertz CT molecular complexity index is 1310. The lowest BCUT2D eigenvalue weighted by molar-refractivity contribution is -0.384. The highest BCUT2D eigenvalue weighted by Crippen LogP contribution is 2.76. The molecule has 0 aliphatic heterocycles. The molecule has 0 unspecified atom stereocenters. The Kier molecular flexibility index (Phi) is 9.08. The first-order chi connectivity index (χ1) is 21.2. The van der Waals surface area contributed by atoms with Crippen LogP contribution in [-0.4, -0.2) is 51.6 Å². The van der Waals surface area contributed by atoms with Gasteiger partial charge in [0.05, 0.1) is 27.8 Å². The fourth-order valence-electron chi connectivity index (χ4n) is 11.6. The Morgan fingerprint density at radius 3 is 2.20 bits per heavy atom. The first-order valence-electron chi connectivity index (χ1n) is 17.6. The van der Waals surface area contributed by atoms with Gasteiger partial charge in [-0.1, -0.05) is 34.6 Å². The van der Waals surface area contributed by atoms with Gasteiger partial charge in [0.2, 0.25) is 0 Å². The van der Waals surface area contributed by atoms with Gasteiger partial charge in [0.15, 0.2) is 0 Å². The summed E-state index contributed by atoms with van der Waals surface area (Å²) in [4.78, 5) is 24.6. The van der Waals surface area contributed by atoms with Crippen LogP contribution in [0, 0.1) is 55.4 Å². The quantitative estimate of drug-likeness (QED) is 0.159. The number of carbonyl (C=O) groups is 1. The van der Waals surface area contributed by atoms with Crippen molar-refractivity contribution < 1.29 is 29.4 Å². The molecule has 0 spiro atoms. The molecule has 0 aromatic heterocycles. The number of methoxy groups -OCH3 is 1. The summed E-state index contributed by atoms with van der Waals surface area (Å²) < 4.78 is 12.2. The van der Waals surface area contributed by atoms with Gasteiger partial charge >= 0.3 is 5.97 Å². The Morgan fingerprint density at radius 2 is 1.59 bits per heavy atom. The number of rotatable bonds is 9. The zero-order valence-electron chi connectivity index (χ0n) is 29.7. The molecule has 4 fully saturated rings. The summed E-state index contributed by atoms with van der Waals surface area (Å²) in [5.74, 6) is 0.120. The molecule has 0 bridgehead atoms. The highest BCUT2D eigenvalue weighted by atomic mass is 16.6. The van der Waals surface area contributed by atoms with Crippen LogP contribution in [0.4, 0.5) is 5.69 Å². The Balaban J connectivity index is 1.52. The van der Waals surface area contributed by atoms with Crippen molar-refractivity contribution in [3.05, 3.63) is 39.9 Å². The normalized spacial score (nSPS) is 39.8. The number of benzene rings is 1. The second kappa shape index (κ2) is 11.8. The van der Waals surface area contributed by atoms with Gasteiger partial charge in [-0.05, 0) is 137 Å². The molecule has 10 atom stereocenters. The van der Waals surface area contributed by atoms with E-state index in [1.165, 1.54) is 24.3 Å². The van der Waals surface area contributed by atoms with Crippen molar-refractivity contribution in [3.8, 4) is 0 Å². The number of carbonyl (C=O) groups excluding carboxylic acids is 1. The van der Waals surface area contributed by atoms with Crippen LogP contribution < -0.4 is 0 Å². The lowest BCUT2D eigenvalue weighted by atomic mass is 9.35. The first kappa shape index (κ1) is 35.3. The summed E-state index contributed by atoms with van der Waals surface area (Å²) in [6, 6.07) is 5.67. The maximum Gasteiger partial charge on any atom is 0.338 e.